The molecule has 3 fully saturated rings. The molecule has 7 heteroatoms. The number of imidazole rings is 1. The third-order valence-electron chi connectivity index (χ3n) is 5.71. The first-order valence-corrected chi connectivity index (χ1v) is 9.58. The van der Waals surface area contributed by atoms with Gasteiger partial charge in [0.15, 0.2) is 0 Å². The molecule has 144 valence electrons. The van der Waals surface area contributed by atoms with Crippen molar-refractivity contribution in [3.8, 4) is 0 Å². The van der Waals surface area contributed by atoms with Crippen molar-refractivity contribution in [3.63, 3.8) is 0 Å². The smallest absolute Gasteiger partial charge is 0.241 e. The number of nitrogens with zero attached hydrogens (tertiary/aromatic N) is 5. The first-order chi connectivity index (χ1) is 12.9. The molecule has 7 nitrogen and oxygen atoms in total. The monoisotopic (exact) mass is 369 g/mol. The maximum Gasteiger partial charge on any atom is 0.241 e. The molecule has 5 rings (SSSR count). The Morgan fingerprint density at radius 1 is 1.22 bits per heavy atom. The average Bonchev–Trinajstić information content (AvgIpc) is 2.82. The topological polar surface area (TPSA) is 61.2 Å². The largest absolute Gasteiger partial charge is 0.347 e. The van der Waals surface area contributed by atoms with Crippen LogP contribution in [-0.2, 0) is 16.1 Å². The minimum Gasteiger partial charge on any atom is -0.347 e. The van der Waals surface area contributed by atoms with Crippen LogP contribution in [0.15, 0.2) is 24.5 Å². The molecule has 3 aliphatic heterocycles. The lowest BCUT2D eigenvalue weighted by Gasteiger charge is -2.36. The molecular weight excluding hydrogens is 342 g/mol. The van der Waals surface area contributed by atoms with Gasteiger partial charge in [-0.15, -0.1) is 0 Å². The van der Waals surface area contributed by atoms with Crippen LogP contribution in [-0.4, -0.2) is 75.7 Å². The normalized spacial score (nSPS) is 23.1. The lowest BCUT2D eigenvalue weighted by Crippen LogP contribution is -2.51. The number of likely N-dealkylation sites (N-methyl/N-ethyl adjacent to an activating group) is 1. The Hall–Kier alpha value is -2.41. The summed E-state index contributed by atoms with van der Waals surface area (Å²) in [6.07, 6.45) is 6.04. The summed E-state index contributed by atoms with van der Waals surface area (Å²) in [5.41, 5.74) is 3.17. The Morgan fingerprint density at radius 2 is 2.04 bits per heavy atom. The second-order valence-corrected chi connectivity index (χ2v) is 8.08. The van der Waals surface area contributed by atoms with Gasteiger partial charge < -0.3 is 14.2 Å². The van der Waals surface area contributed by atoms with Crippen LogP contribution in [0.25, 0.3) is 5.65 Å². The van der Waals surface area contributed by atoms with Crippen LogP contribution in [0.4, 0.5) is 0 Å². The maximum absolute atomic E-state index is 12.9. The standard InChI is InChI=1S/C20H27N5O2/c1-14-4-7-18-21-16(11-24(18)8-14)10-23-9-15-5-6-17(12-23)25(20(15)27)13-19(26)22(2)3/h4,7-8,11,15,17H,5-6,9-10,12-13H2,1-3H3/t15-,17+/m1/s1. The molecule has 0 aromatic carbocycles. The van der Waals surface area contributed by atoms with E-state index in [-0.39, 0.29) is 30.3 Å². The predicted molar refractivity (Wildman–Crippen MR) is 102 cm³/mol. The summed E-state index contributed by atoms with van der Waals surface area (Å²) in [4.78, 5) is 35.4. The number of rotatable bonds is 4. The van der Waals surface area contributed by atoms with Crippen molar-refractivity contribution in [1.29, 1.82) is 0 Å². The Kier molecular flexibility index (Phi) is 4.63. The van der Waals surface area contributed by atoms with E-state index in [0.29, 0.717) is 0 Å². The van der Waals surface area contributed by atoms with E-state index in [9.17, 15) is 9.59 Å². The quantitative estimate of drug-likeness (QED) is 0.811. The minimum absolute atomic E-state index is 0.0156. The van der Waals surface area contributed by atoms with E-state index in [2.05, 4.69) is 34.7 Å². The first kappa shape index (κ1) is 18.0. The van der Waals surface area contributed by atoms with Crippen LogP contribution in [0.2, 0.25) is 0 Å². The number of fused-ring (bicyclic) bond motifs is 5. The molecule has 2 bridgehead atoms. The summed E-state index contributed by atoms with van der Waals surface area (Å²) in [5.74, 6) is 0.103. The molecular formula is C20H27N5O2. The van der Waals surface area contributed by atoms with Gasteiger partial charge in [0.25, 0.3) is 0 Å². The Labute approximate surface area is 159 Å². The lowest BCUT2D eigenvalue weighted by molar-refractivity contribution is -0.145. The molecule has 0 aliphatic carbocycles. The van der Waals surface area contributed by atoms with Crippen molar-refractivity contribution < 1.29 is 9.59 Å². The van der Waals surface area contributed by atoms with E-state index in [0.717, 1.165) is 43.8 Å². The zero-order chi connectivity index (χ0) is 19.1. The number of piperidine rings is 1. The number of aromatic nitrogens is 2. The second kappa shape index (κ2) is 6.96. The van der Waals surface area contributed by atoms with E-state index >= 15 is 0 Å². The summed E-state index contributed by atoms with van der Waals surface area (Å²) in [7, 11) is 3.47. The SMILES string of the molecule is Cc1ccc2nc(CN3C[C@H]4CC[C@@H](C3)N(CC(=O)N(C)C)C4=O)cn2c1. The van der Waals surface area contributed by atoms with Gasteiger partial charge in [-0.05, 0) is 31.4 Å². The first-order valence-electron chi connectivity index (χ1n) is 9.58. The van der Waals surface area contributed by atoms with E-state index in [4.69, 9.17) is 4.98 Å². The molecule has 0 saturated carbocycles. The van der Waals surface area contributed by atoms with Gasteiger partial charge in [0.05, 0.1) is 11.6 Å². The van der Waals surface area contributed by atoms with Crippen LogP contribution < -0.4 is 0 Å². The Bertz CT molecular complexity index is 874. The third-order valence-corrected chi connectivity index (χ3v) is 5.71. The molecule has 5 heterocycles. The predicted octanol–water partition coefficient (Wildman–Crippen LogP) is 1.15. The third kappa shape index (κ3) is 3.56. The van der Waals surface area contributed by atoms with E-state index < -0.39 is 0 Å². The van der Waals surface area contributed by atoms with Crippen molar-refractivity contribution in [1.82, 2.24) is 24.1 Å². The average molecular weight is 369 g/mol. The summed E-state index contributed by atoms with van der Waals surface area (Å²) in [5, 5.41) is 0. The molecule has 3 aliphatic rings. The van der Waals surface area contributed by atoms with Crippen LogP contribution in [0.1, 0.15) is 24.1 Å². The summed E-state index contributed by atoms with van der Waals surface area (Å²) >= 11 is 0. The van der Waals surface area contributed by atoms with Gasteiger partial charge in [0, 0.05) is 52.2 Å². The van der Waals surface area contributed by atoms with Gasteiger partial charge in [0.2, 0.25) is 11.8 Å². The Morgan fingerprint density at radius 3 is 2.81 bits per heavy atom. The highest BCUT2D eigenvalue weighted by atomic mass is 16.2. The molecule has 2 amide bonds. The fourth-order valence-corrected chi connectivity index (χ4v) is 4.21. The van der Waals surface area contributed by atoms with Crippen LogP contribution in [0, 0.1) is 12.8 Å². The summed E-state index contributed by atoms with van der Waals surface area (Å²) in [6.45, 7) is 4.54. The number of hydrogen-bond donors (Lipinski definition) is 0. The number of pyridine rings is 1. The highest BCUT2D eigenvalue weighted by molar-refractivity contribution is 5.86. The van der Waals surface area contributed by atoms with Crippen molar-refractivity contribution in [2.75, 3.05) is 33.7 Å². The summed E-state index contributed by atoms with van der Waals surface area (Å²) < 4.78 is 2.06. The van der Waals surface area contributed by atoms with Gasteiger partial charge in [-0.3, -0.25) is 14.5 Å². The van der Waals surface area contributed by atoms with Gasteiger partial charge >= 0.3 is 0 Å². The number of hydrogen-bond acceptors (Lipinski definition) is 4. The number of aryl methyl sites for hydroxylation is 1. The van der Waals surface area contributed by atoms with Crippen molar-refractivity contribution in [2.24, 2.45) is 5.92 Å². The number of carbonyl (C=O) groups excluding carboxylic acids is 2. The van der Waals surface area contributed by atoms with Crippen molar-refractivity contribution in [2.45, 2.75) is 32.4 Å². The van der Waals surface area contributed by atoms with E-state index in [1.54, 1.807) is 19.0 Å². The second-order valence-electron chi connectivity index (χ2n) is 8.08. The molecule has 0 unspecified atom stereocenters. The molecule has 0 N–H and O–H groups in total. The van der Waals surface area contributed by atoms with E-state index in [1.807, 2.05) is 11.0 Å². The Balaban J connectivity index is 1.50. The van der Waals surface area contributed by atoms with Gasteiger partial charge in [-0.25, -0.2) is 4.98 Å². The van der Waals surface area contributed by atoms with Crippen LogP contribution >= 0.6 is 0 Å². The number of carbonyl (C=O) groups is 2. The lowest BCUT2D eigenvalue weighted by atomic mass is 9.94. The zero-order valence-corrected chi connectivity index (χ0v) is 16.3. The van der Waals surface area contributed by atoms with Crippen molar-refractivity contribution >= 4 is 17.5 Å². The molecule has 2 atom stereocenters. The fourth-order valence-electron chi connectivity index (χ4n) is 4.21. The van der Waals surface area contributed by atoms with Gasteiger partial charge in [-0.2, -0.15) is 0 Å². The van der Waals surface area contributed by atoms with Gasteiger partial charge in [0.1, 0.15) is 12.2 Å². The number of amides is 2. The van der Waals surface area contributed by atoms with Gasteiger partial charge in [-0.1, -0.05) is 6.07 Å². The maximum atomic E-state index is 12.9. The van der Waals surface area contributed by atoms with Crippen LogP contribution in [0.3, 0.4) is 0 Å². The van der Waals surface area contributed by atoms with Crippen LogP contribution in [0.5, 0.6) is 0 Å². The van der Waals surface area contributed by atoms with Crippen molar-refractivity contribution in [3.05, 3.63) is 35.8 Å². The minimum atomic E-state index is -0.0158. The highest BCUT2D eigenvalue weighted by Gasteiger charge is 2.41. The highest BCUT2D eigenvalue weighted by Crippen LogP contribution is 2.29. The summed E-state index contributed by atoms with van der Waals surface area (Å²) in [6, 6.07) is 4.21. The molecule has 0 spiro atoms. The zero-order valence-electron chi connectivity index (χ0n) is 16.3. The molecule has 2 aromatic heterocycles. The molecule has 2 aromatic rings. The molecule has 0 radical (unpaired) electrons. The van der Waals surface area contributed by atoms with E-state index in [1.165, 1.54) is 5.56 Å². The molecule has 27 heavy (non-hydrogen) atoms. The fraction of sp³-hybridized carbons (Fsp3) is 0.550. The molecule has 3 saturated heterocycles.